The number of aryl methyl sites for hydroxylation is 1. The number of hydrogen-bond donors (Lipinski definition) is 2. The first-order chi connectivity index (χ1) is 8.83. The molecular weight excluding hydrogens is 236 g/mol. The van der Waals surface area contributed by atoms with Gasteiger partial charge in [-0.1, -0.05) is 32.1 Å². The fourth-order valence-electron chi connectivity index (χ4n) is 1.85. The molecule has 0 aliphatic carbocycles. The monoisotopic (exact) mass is 260 g/mol. The van der Waals surface area contributed by atoms with Crippen molar-refractivity contribution in [1.29, 1.82) is 0 Å². The Morgan fingerprint density at radius 3 is 2.79 bits per heavy atom. The maximum Gasteiger partial charge on any atom is 0.188 e. The number of aliphatic imine (C=N–C) groups is 1. The Bertz CT molecular complexity index is 475. The molecular formula is C15H24N4. The van der Waals surface area contributed by atoms with Crippen molar-refractivity contribution in [1.82, 2.24) is 10.3 Å². The van der Waals surface area contributed by atoms with Crippen LogP contribution in [0.3, 0.4) is 0 Å². The quantitative estimate of drug-likeness (QED) is 0.484. The Morgan fingerprint density at radius 1 is 1.53 bits per heavy atom. The van der Waals surface area contributed by atoms with Crippen LogP contribution in [0.15, 0.2) is 35.5 Å². The first-order valence-corrected chi connectivity index (χ1v) is 6.43. The minimum atomic E-state index is -0.138. The van der Waals surface area contributed by atoms with Crippen molar-refractivity contribution in [2.75, 3.05) is 13.1 Å². The summed E-state index contributed by atoms with van der Waals surface area (Å²) in [5.41, 5.74) is 8.95. The molecule has 0 fully saturated rings. The van der Waals surface area contributed by atoms with E-state index in [1.165, 1.54) is 5.56 Å². The van der Waals surface area contributed by atoms with E-state index < -0.39 is 0 Å². The molecule has 0 atom stereocenters. The third-order valence-electron chi connectivity index (χ3n) is 2.87. The van der Waals surface area contributed by atoms with Crippen LogP contribution in [-0.2, 0) is 5.41 Å². The summed E-state index contributed by atoms with van der Waals surface area (Å²) in [7, 11) is 0. The van der Waals surface area contributed by atoms with Crippen molar-refractivity contribution in [2.45, 2.75) is 33.1 Å². The number of nitrogens with two attached hydrogens (primary N) is 1. The van der Waals surface area contributed by atoms with Gasteiger partial charge in [-0.2, -0.15) is 0 Å². The molecule has 1 aromatic rings. The van der Waals surface area contributed by atoms with E-state index in [0.717, 1.165) is 11.3 Å². The Kier molecular flexibility index (Phi) is 5.10. The second-order valence-electron chi connectivity index (χ2n) is 5.56. The van der Waals surface area contributed by atoms with Crippen LogP contribution in [-0.4, -0.2) is 24.0 Å². The molecule has 0 amide bonds. The summed E-state index contributed by atoms with van der Waals surface area (Å²) in [5, 5.41) is 3.03. The van der Waals surface area contributed by atoms with Gasteiger partial charge in [-0.15, -0.1) is 0 Å². The van der Waals surface area contributed by atoms with Crippen LogP contribution in [0, 0.1) is 6.92 Å². The topological polar surface area (TPSA) is 63.3 Å². The number of rotatable bonds is 5. The molecule has 0 unspecified atom stereocenters. The van der Waals surface area contributed by atoms with Crippen LogP contribution in [0.4, 0.5) is 0 Å². The third kappa shape index (κ3) is 4.73. The summed E-state index contributed by atoms with van der Waals surface area (Å²) in [4.78, 5) is 8.85. The smallest absolute Gasteiger partial charge is 0.188 e. The Hall–Kier alpha value is -1.84. The molecule has 0 aliphatic heterocycles. The van der Waals surface area contributed by atoms with E-state index in [2.05, 4.69) is 48.7 Å². The molecule has 1 aromatic heterocycles. The van der Waals surface area contributed by atoms with Gasteiger partial charge >= 0.3 is 0 Å². The van der Waals surface area contributed by atoms with Gasteiger partial charge in [0.15, 0.2) is 5.96 Å². The lowest BCUT2D eigenvalue weighted by atomic mass is 9.86. The van der Waals surface area contributed by atoms with Crippen LogP contribution in [0.1, 0.15) is 32.0 Å². The van der Waals surface area contributed by atoms with E-state index in [1.807, 2.05) is 19.2 Å². The second kappa shape index (κ2) is 6.36. The van der Waals surface area contributed by atoms with Gasteiger partial charge in [0.1, 0.15) is 0 Å². The molecule has 3 N–H and O–H groups in total. The number of aromatic nitrogens is 1. The normalized spacial score (nSPS) is 12.3. The molecule has 4 heteroatoms. The predicted octanol–water partition coefficient (Wildman–Crippen LogP) is 2.15. The van der Waals surface area contributed by atoms with Gasteiger partial charge < -0.3 is 11.1 Å². The van der Waals surface area contributed by atoms with Gasteiger partial charge in [0.2, 0.25) is 0 Å². The zero-order valence-corrected chi connectivity index (χ0v) is 12.3. The van der Waals surface area contributed by atoms with Gasteiger partial charge in [-0.05, 0) is 25.5 Å². The highest BCUT2D eigenvalue weighted by Gasteiger charge is 2.23. The SMILES string of the molecule is C=C(C)CNC(N)=NCC(C)(C)c1ncccc1C. The molecule has 0 saturated carbocycles. The highest BCUT2D eigenvalue weighted by atomic mass is 15.1. The first kappa shape index (κ1) is 15.2. The number of nitrogens with zero attached hydrogens (tertiary/aromatic N) is 2. The van der Waals surface area contributed by atoms with E-state index in [4.69, 9.17) is 5.73 Å². The Morgan fingerprint density at radius 2 is 2.21 bits per heavy atom. The summed E-state index contributed by atoms with van der Waals surface area (Å²) in [5.74, 6) is 0.449. The van der Waals surface area contributed by atoms with Crippen molar-refractivity contribution < 1.29 is 0 Å². The summed E-state index contributed by atoms with van der Waals surface area (Å²) in [6, 6.07) is 4.01. The number of hydrogen-bond acceptors (Lipinski definition) is 2. The summed E-state index contributed by atoms with van der Waals surface area (Å²) < 4.78 is 0. The average molecular weight is 260 g/mol. The lowest BCUT2D eigenvalue weighted by Crippen LogP contribution is -2.35. The summed E-state index contributed by atoms with van der Waals surface area (Å²) >= 11 is 0. The summed E-state index contributed by atoms with van der Waals surface area (Å²) in [6.45, 7) is 13.3. The molecule has 19 heavy (non-hydrogen) atoms. The maximum atomic E-state index is 5.82. The standard InChI is InChI=1S/C15H24N4/c1-11(2)9-18-14(16)19-10-15(4,5)13-12(3)7-6-8-17-13/h6-8H,1,9-10H2,2-5H3,(H3,16,18,19). The van der Waals surface area contributed by atoms with Crippen molar-refractivity contribution in [3.63, 3.8) is 0 Å². The fourth-order valence-corrected chi connectivity index (χ4v) is 1.85. The van der Waals surface area contributed by atoms with Gasteiger partial charge in [0.05, 0.1) is 12.2 Å². The highest BCUT2D eigenvalue weighted by molar-refractivity contribution is 5.78. The molecule has 1 heterocycles. The van der Waals surface area contributed by atoms with E-state index in [1.54, 1.807) is 0 Å². The minimum absolute atomic E-state index is 0.138. The van der Waals surface area contributed by atoms with E-state index >= 15 is 0 Å². The molecule has 0 aliphatic rings. The zero-order chi connectivity index (χ0) is 14.5. The Labute approximate surface area is 115 Å². The lowest BCUT2D eigenvalue weighted by Gasteiger charge is -2.23. The van der Waals surface area contributed by atoms with Gasteiger partial charge in [-0.25, -0.2) is 0 Å². The molecule has 0 spiro atoms. The molecule has 0 radical (unpaired) electrons. The van der Waals surface area contributed by atoms with Crippen molar-refractivity contribution in [2.24, 2.45) is 10.7 Å². The van der Waals surface area contributed by atoms with Crippen LogP contribution in [0.5, 0.6) is 0 Å². The van der Waals surface area contributed by atoms with Crippen LogP contribution >= 0.6 is 0 Å². The lowest BCUT2D eigenvalue weighted by molar-refractivity contribution is 0.518. The van der Waals surface area contributed by atoms with E-state index in [9.17, 15) is 0 Å². The van der Waals surface area contributed by atoms with Gasteiger partial charge in [0, 0.05) is 18.2 Å². The number of nitrogens with one attached hydrogen (secondary N) is 1. The largest absolute Gasteiger partial charge is 0.370 e. The molecule has 0 aromatic carbocycles. The van der Waals surface area contributed by atoms with Crippen LogP contribution < -0.4 is 11.1 Å². The van der Waals surface area contributed by atoms with Crippen molar-refractivity contribution in [3.8, 4) is 0 Å². The Balaban J connectivity index is 2.72. The number of pyridine rings is 1. The minimum Gasteiger partial charge on any atom is -0.370 e. The third-order valence-corrected chi connectivity index (χ3v) is 2.87. The van der Waals surface area contributed by atoms with E-state index in [-0.39, 0.29) is 5.41 Å². The summed E-state index contributed by atoms with van der Waals surface area (Å²) in [6.07, 6.45) is 1.82. The molecule has 104 valence electrons. The van der Waals surface area contributed by atoms with Crippen LogP contribution in [0.25, 0.3) is 0 Å². The molecule has 0 bridgehead atoms. The van der Waals surface area contributed by atoms with Crippen LogP contribution in [0.2, 0.25) is 0 Å². The predicted molar refractivity (Wildman–Crippen MR) is 81.3 cm³/mol. The van der Waals surface area contributed by atoms with Crippen molar-refractivity contribution >= 4 is 5.96 Å². The average Bonchev–Trinajstić information content (AvgIpc) is 2.34. The maximum absolute atomic E-state index is 5.82. The molecule has 1 rings (SSSR count). The highest BCUT2D eigenvalue weighted by Crippen LogP contribution is 2.24. The van der Waals surface area contributed by atoms with E-state index in [0.29, 0.717) is 19.0 Å². The van der Waals surface area contributed by atoms with Gasteiger partial charge in [-0.3, -0.25) is 9.98 Å². The fraction of sp³-hybridized carbons (Fsp3) is 0.467. The first-order valence-electron chi connectivity index (χ1n) is 6.43. The number of guanidine groups is 1. The van der Waals surface area contributed by atoms with Gasteiger partial charge in [0.25, 0.3) is 0 Å². The molecule has 0 saturated heterocycles. The molecule has 4 nitrogen and oxygen atoms in total. The zero-order valence-electron chi connectivity index (χ0n) is 12.3. The second-order valence-corrected chi connectivity index (χ2v) is 5.56. The van der Waals surface area contributed by atoms with Crippen molar-refractivity contribution in [3.05, 3.63) is 41.7 Å².